The fourth-order valence-corrected chi connectivity index (χ4v) is 2.11. The van der Waals surface area contributed by atoms with Crippen LogP contribution in [0, 0.1) is 5.92 Å². The van der Waals surface area contributed by atoms with Gasteiger partial charge in [0, 0.05) is 22.9 Å². The maximum absolute atomic E-state index is 11.6. The van der Waals surface area contributed by atoms with Gasteiger partial charge in [0.1, 0.15) is 0 Å². The molecule has 92 valence electrons. The van der Waals surface area contributed by atoms with Crippen molar-refractivity contribution in [2.45, 2.75) is 32.1 Å². The van der Waals surface area contributed by atoms with Crippen molar-refractivity contribution in [2.75, 3.05) is 6.54 Å². The third-order valence-corrected chi connectivity index (χ3v) is 3.69. The molecule has 1 aromatic carbocycles. The zero-order valence-electron chi connectivity index (χ0n) is 10.3. The Labute approximate surface area is 107 Å². The first-order chi connectivity index (χ1) is 8.03. The summed E-state index contributed by atoms with van der Waals surface area (Å²) < 4.78 is 0. The summed E-state index contributed by atoms with van der Waals surface area (Å²) in [5.41, 5.74) is 1.45. The number of rotatable bonds is 4. The van der Waals surface area contributed by atoms with E-state index in [1.807, 2.05) is 26.0 Å². The molecular formula is C14H18ClNO. The molecule has 0 spiro atoms. The SMILES string of the molecule is CC(C)C(=O)NCC1(c2ccc(Cl)cc2)CC1. The van der Waals surface area contributed by atoms with Crippen LogP contribution in [0.3, 0.4) is 0 Å². The number of carbonyl (C=O) groups excluding carboxylic acids is 1. The van der Waals surface area contributed by atoms with E-state index in [9.17, 15) is 4.79 Å². The molecule has 1 aliphatic carbocycles. The van der Waals surface area contributed by atoms with Crippen LogP contribution in [0.5, 0.6) is 0 Å². The maximum Gasteiger partial charge on any atom is 0.222 e. The number of nitrogens with one attached hydrogen (secondary N) is 1. The Morgan fingerprint density at radius 2 is 1.94 bits per heavy atom. The monoisotopic (exact) mass is 251 g/mol. The number of hydrogen-bond donors (Lipinski definition) is 1. The summed E-state index contributed by atoms with van der Waals surface area (Å²) in [7, 11) is 0. The van der Waals surface area contributed by atoms with Crippen molar-refractivity contribution >= 4 is 17.5 Å². The number of halogens is 1. The fraction of sp³-hybridized carbons (Fsp3) is 0.500. The molecule has 0 heterocycles. The summed E-state index contributed by atoms with van der Waals surface area (Å²) in [6.45, 7) is 4.57. The van der Waals surface area contributed by atoms with E-state index in [-0.39, 0.29) is 17.2 Å². The van der Waals surface area contributed by atoms with Gasteiger partial charge in [-0.05, 0) is 30.5 Å². The fourth-order valence-electron chi connectivity index (χ4n) is 1.98. The lowest BCUT2D eigenvalue weighted by atomic mass is 9.96. The first-order valence-corrected chi connectivity index (χ1v) is 6.45. The average molecular weight is 252 g/mol. The summed E-state index contributed by atoms with van der Waals surface area (Å²) in [4.78, 5) is 11.6. The lowest BCUT2D eigenvalue weighted by Crippen LogP contribution is -2.34. The van der Waals surface area contributed by atoms with Gasteiger partial charge in [-0.2, -0.15) is 0 Å². The van der Waals surface area contributed by atoms with Crippen LogP contribution in [0.2, 0.25) is 5.02 Å². The molecule has 2 rings (SSSR count). The molecular weight excluding hydrogens is 234 g/mol. The van der Waals surface area contributed by atoms with Gasteiger partial charge < -0.3 is 5.32 Å². The topological polar surface area (TPSA) is 29.1 Å². The molecule has 0 atom stereocenters. The zero-order chi connectivity index (χ0) is 12.5. The largest absolute Gasteiger partial charge is 0.355 e. The highest BCUT2D eigenvalue weighted by atomic mass is 35.5. The first kappa shape index (κ1) is 12.4. The van der Waals surface area contributed by atoms with Crippen LogP contribution < -0.4 is 5.32 Å². The molecule has 1 N–H and O–H groups in total. The van der Waals surface area contributed by atoms with Gasteiger partial charge in [0.15, 0.2) is 0 Å². The van der Waals surface area contributed by atoms with Crippen molar-refractivity contribution < 1.29 is 4.79 Å². The average Bonchev–Trinajstić information content (AvgIpc) is 3.08. The van der Waals surface area contributed by atoms with Gasteiger partial charge >= 0.3 is 0 Å². The standard InChI is InChI=1S/C14H18ClNO/c1-10(2)13(17)16-9-14(7-8-14)11-3-5-12(15)6-4-11/h3-6,10H,7-9H2,1-2H3,(H,16,17). The predicted molar refractivity (Wildman–Crippen MR) is 70.2 cm³/mol. The molecule has 3 heteroatoms. The number of benzene rings is 1. The van der Waals surface area contributed by atoms with E-state index in [0.29, 0.717) is 0 Å². The minimum atomic E-state index is 0.0519. The number of carbonyl (C=O) groups is 1. The minimum Gasteiger partial charge on any atom is -0.355 e. The molecule has 1 fully saturated rings. The van der Waals surface area contributed by atoms with Crippen molar-refractivity contribution in [3.63, 3.8) is 0 Å². The van der Waals surface area contributed by atoms with Crippen molar-refractivity contribution in [2.24, 2.45) is 5.92 Å². The molecule has 0 unspecified atom stereocenters. The van der Waals surface area contributed by atoms with Gasteiger partial charge in [-0.3, -0.25) is 4.79 Å². The number of amides is 1. The molecule has 0 aromatic heterocycles. The quantitative estimate of drug-likeness (QED) is 0.875. The van der Waals surface area contributed by atoms with E-state index in [2.05, 4.69) is 17.4 Å². The summed E-state index contributed by atoms with van der Waals surface area (Å²) in [5, 5.41) is 3.79. The highest BCUT2D eigenvalue weighted by Crippen LogP contribution is 2.47. The third-order valence-electron chi connectivity index (χ3n) is 3.44. The van der Waals surface area contributed by atoms with Crippen molar-refractivity contribution in [3.05, 3.63) is 34.9 Å². The molecule has 1 aliphatic rings. The van der Waals surface area contributed by atoms with Crippen LogP contribution in [-0.4, -0.2) is 12.5 Å². The molecule has 17 heavy (non-hydrogen) atoms. The molecule has 0 bridgehead atoms. The molecule has 1 saturated carbocycles. The van der Waals surface area contributed by atoms with Gasteiger partial charge in [-0.15, -0.1) is 0 Å². The Balaban J connectivity index is 2.00. The highest BCUT2D eigenvalue weighted by Gasteiger charge is 2.44. The summed E-state index contributed by atoms with van der Waals surface area (Å²) in [6.07, 6.45) is 2.29. The van der Waals surface area contributed by atoms with E-state index in [0.717, 1.165) is 24.4 Å². The summed E-state index contributed by atoms with van der Waals surface area (Å²) >= 11 is 5.88. The molecule has 0 saturated heterocycles. The summed E-state index contributed by atoms with van der Waals surface area (Å²) in [6, 6.07) is 7.97. The van der Waals surface area contributed by atoms with Crippen molar-refractivity contribution in [3.8, 4) is 0 Å². The predicted octanol–water partition coefficient (Wildman–Crippen LogP) is 3.14. The van der Waals surface area contributed by atoms with E-state index in [4.69, 9.17) is 11.6 Å². The van der Waals surface area contributed by atoms with Gasteiger partial charge in [-0.25, -0.2) is 0 Å². The van der Waals surface area contributed by atoms with E-state index < -0.39 is 0 Å². The maximum atomic E-state index is 11.6. The van der Waals surface area contributed by atoms with E-state index in [1.165, 1.54) is 5.56 Å². The van der Waals surface area contributed by atoms with Crippen LogP contribution in [0.15, 0.2) is 24.3 Å². The van der Waals surface area contributed by atoms with Crippen LogP contribution in [0.1, 0.15) is 32.3 Å². The van der Waals surface area contributed by atoms with Crippen molar-refractivity contribution in [1.82, 2.24) is 5.32 Å². The second-order valence-electron chi connectivity index (χ2n) is 5.16. The molecule has 1 amide bonds. The van der Waals surface area contributed by atoms with Crippen LogP contribution in [-0.2, 0) is 10.2 Å². The number of hydrogen-bond acceptors (Lipinski definition) is 1. The smallest absolute Gasteiger partial charge is 0.222 e. The highest BCUT2D eigenvalue weighted by molar-refractivity contribution is 6.30. The Kier molecular flexibility index (Phi) is 3.43. The minimum absolute atomic E-state index is 0.0519. The van der Waals surface area contributed by atoms with Crippen LogP contribution in [0.4, 0.5) is 0 Å². The van der Waals surface area contributed by atoms with E-state index in [1.54, 1.807) is 0 Å². The van der Waals surface area contributed by atoms with Crippen molar-refractivity contribution in [1.29, 1.82) is 0 Å². The normalized spacial score (nSPS) is 16.9. The molecule has 0 aliphatic heterocycles. The zero-order valence-corrected chi connectivity index (χ0v) is 11.1. The van der Waals surface area contributed by atoms with Gasteiger partial charge in [-0.1, -0.05) is 37.6 Å². The Hall–Kier alpha value is -1.02. The second-order valence-corrected chi connectivity index (χ2v) is 5.60. The Morgan fingerprint density at radius 3 is 2.41 bits per heavy atom. The molecule has 1 aromatic rings. The van der Waals surface area contributed by atoms with Gasteiger partial charge in [0.05, 0.1) is 0 Å². The Bertz CT molecular complexity index is 407. The third kappa shape index (κ3) is 2.81. The Morgan fingerprint density at radius 1 is 1.35 bits per heavy atom. The summed E-state index contributed by atoms with van der Waals surface area (Å²) in [5.74, 6) is 0.182. The second kappa shape index (κ2) is 4.69. The lowest BCUT2D eigenvalue weighted by Gasteiger charge is -2.17. The first-order valence-electron chi connectivity index (χ1n) is 6.07. The lowest BCUT2D eigenvalue weighted by molar-refractivity contribution is -0.124. The van der Waals surface area contributed by atoms with Crippen LogP contribution >= 0.6 is 11.6 Å². The molecule has 2 nitrogen and oxygen atoms in total. The van der Waals surface area contributed by atoms with Gasteiger partial charge in [0.25, 0.3) is 0 Å². The van der Waals surface area contributed by atoms with E-state index >= 15 is 0 Å². The van der Waals surface area contributed by atoms with Gasteiger partial charge in [0.2, 0.25) is 5.91 Å². The molecule has 0 radical (unpaired) electrons. The van der Waals surface area contributed by atoms with Crippen LogP contribution in [0.25, 0.3) is 0 Å².